The Morgan fingerprint density at radius 2 is 2.58 bits per heavy atom. The van der Waals surface area contributed by atoms with Crippen molar-refractivity contribution < 1.29 is 4.74 Å². The van der Waals surface area contributed by atoms with Gasteiger partial charge >= 0.3 is 0 Å². The van der Waals surface area contributed by atoms with E-state index in [9.17, 15) is 0 Å². The maximum absolute atomic E-state index is 5.72. The van der Waals surface area contributed by atoms with Gasteiger partial charge in [0.15, 0.2) is 0 Å². The second kappa shape index (κ2) is 3.12. The maximum atomic E-state index is 5.72. The van der Waals surface area contributed by atoms with Crippen LogP contribution in [-0.4, -0.2) is 18.7 Å². The highest BCUT2D eigenvalue weighted by atomic mass is 32.2. The molecule has 3 nitrogen and oxygen atoms in total. The number of thioether (sulfide) groups is 1. The first-order chi connectivity index (χ1) is 5.79. The van der Waals surface area contributed by atoms with Crippen LogP contribution in [-0.2, 0) is 4.74 Å². The first-order valence-electron chi connectivity index (χ1n) is 3.92. The van der Waals surface area contributed by atoms with Crippen molar-refractivity contribution in [2.45, 2.75) is 18.0 Å². The summed E-state index contributed by atoms with van der Waals surface area (Å²) in [7, 11) is 1.73. The number of nitrogens with two attached hydrogens (primary N) is 1. The molecule has 2 aliphatic rings. The van der Waals surface area contributed by atoms with Crippen molar-refractivity contribution >= 4 is 11.8 Å². The minimum atomic E-state index is 0.0234. The first-order valence-corrected chi connectivity index (χ1v) is 4.80. The minimum absolute atomic E-state index is 0.0234. The smallest absolute Gasteiger partial charge is 0.127 e. The summed E-state index contributed by atoms with van der Waals surface area (Å²) in [5.41, 5.74) is 6.91. The molecule has 0 saturated carbocycles. The van der Waals surface area contributed by atoms with Crippen molar-refractivity contribution in [3.8, 4) is 0 Å². The molecule has 3 N–H and O–H groups in total. The zero-order valence-corrected chi connectivity index (χ0v) is 7.73. The molecule has 0 radical (unpaired) electrons. The van der Waals surface area contributed by atoms with Gasteiger partial charge in [-0.3, -0.25) is 0 Å². The summed E-state index contributed by atoms with van der Waals surface area (Å²) in [6.07, 6.45) is 5.29. The van der Waals surface area contributed by atoms with E-state index in [4.69, 9.17) is 10.5 Å². The fourth-order valence-electron chi connectivity index (χ4n) is 1.40. The molecule has 12 heavy (non-hydrogen) atoms. The van der Waals surface area contributed by atoms with Gasteiger partial charge in [-0.15, -0.1) is 0 Å². The number of ether oxygens (including phenoxy) is 1. The van der Waals surface area contributed by atoms with Crippen molar-refractivity contribution in [1.82, 2.24) is 5.32 Å². The normalized spacial score (nSPS) is 33.5. The molecular formula is C8H12N2OS. The quantitative estimate of drug-likeness (QED) is 0.631. The molecule has 66 valence electrons. The predicted molar refractivity (Wildman–Crippen MR) is 50.3 cm³/mol. The van der Waals surface area contributed by atoms with Gasteiger partial charge in [-0.1, -0.05) is 17.8 Å². The summed E-state index contributed by atoms with van der Waals surface area (Å²) in [5, 5.41) is 3.18. The molecule has 0 aromatic rings. The van der Waals surface area contributed by atoms with Crippen molar-refractivity contribution in [2.24, 2.45) is 5.73 Å². The van der Waals surface area contributed by atoms with E-state index in [0.717, 1.165) is 6.42 Å². The van der Waals surface area contributed by atoms with Crippen LogP contribution >= 0.6 is 11.8 Å². The van der Waals surface area contributed by atoms with Gasteiger partial charge in [0.2, 0.25) is 0 Å². The molecule has 0 aromatic carbocycles. The van der Waals surface area contributed by atoms with Gasteiger partial charge in [-0.2, -0.15) is 0 Å². The zero-order valence-electron chi connectivity index (χ0n) is 6.91. The number of hydrogen-bond acceptors (Lipinski definition) is 4. The molecule has 2 atom stereocenters. The van der Waals surface area contributed by atoms with Gasteiger partial charge in [-0.25, -0.2) is 0 Å². The Morgan fingerprint density at radius 1 is 1.75 bits per heavy atom. The molecule has 4 heteroatoms. The lowest BCUT2D eigenvalue weighted by molar-refractivity contribution is 0.141. The Balaban J connectivity index is 2.10. The van der Waals surface area contributed by atoms with Crippen molar-refractivity contribution in [1.29, 1.82) is 0 Å². The minimum Gasteiger partial charge on any atom is -0.377 e. The summed E-state index contributed by atoms with van der Waals surface area (Å²) in [5.74, 6) is 0. The average molecular weight is 184 g/mol. The molecule has 1 heterocycles. The van der Waals surface area contributed by atoms with Crippen LogP contribution in [0.2, 0.25) is 0 Å². The molecule has 0 aromatic heterocycles. The zero-order chi connectivity index (χ0) is 8.55. The third-order valence-electron chi connectivity index (χ3n) is 2.03. The van der Waals surface area contributed by atoms with E-state index in [1.54, 1.807) is 18.9 Å². The summed E-state index contributed by atoms with van der Waals surface area (Å²) in [6, 6.07) is 0. The molecule has 1 aliphatic heterocycles. The van der Waals surface area contributed by atoms with Gasteiger partial charge in [0, 0.05) is 24.1 Å². The van der Waals surface area contributed by atoms with Crippen LogP contribution in [0.4, 0.5) is 0 Å². The molecule has 0 spiro atoms. The van der Waals surface area contributed by atoms with Crippen LogP contribution in [0.3, 0.4) is 0 Å². The fraction of sp³-hybridized carbons (Fsp3) is 0.500. The van der Waals surface area contributed by atoms with Crippen molar-refractivity contribution in [2.75, 3.05) is 7.11 Å². The maximum Gasteiger partial charge on any atom is 0.127 e. The Kier molecular flexibility index (Phi) is 2.12. The molecule has 1 aliphatic carbocycles. The highest BCUT2D eigenvalue weighted by molar-refractivity contribution is 8.03. The second-order valence-corrected chi connectivity index (χ2v) is 4.09. The monoisotopic (exact) mass is 184 g/mol. The van der Waals surface area contributed by atoms with Crippen LogP contribution < -0.4 is 11.1 Å². The van der Waals surface area contributed by atoms with E-state index in [0.29, 0.717) is 0 Å². The van der Waals surface area contributed by atoms with E-state index in [1.165, 1.54) is 10.6 Å². The predicted octanol–water partition coefficient (Wildman–Crippen LogP) is 0.752. The van der Waals surface area contributed by atoms with Gasteiger partial charge in [0.25, 0.3) is 0 Å². The van der Waals surface area contributed by atoms with Gasteiger partial charge in [-0.05, 0) is 6.08 Å². The van der Waals surface area contributed by atoms with E-state index in [-0.39, 0.29) is 11.6 Å². The van der Waals surface area contributed by atoms with E-state index >= 15 is 0 Å². The molecule has 2 unspecified atom stereocenters. The molecule has 2 rings (SSSR count). The summed E-state index contributed by atoms with van der Waals surface area (Å²) >= 11 is 1.68. The Morgan fingerprint density at radius 3 is 3.33 bits per heavy atom. The highest BCUT2D eigenvalue weighted by Crippen LogP contribution is 2.35. The van der Waals surface area contributed by atoms with Crippen molar-refractivity contribution in [3.05, 3.63) is 22.8 Å². The van der Waals surface area contributed by atoms with Crippen LogP contribution in [0.1, 0.15) is 6.42 Å². The van der Waals surface area contributed by atoms with E-state index < -0.39 is 0 Å². The molecular weight excluding hydrogens is 172 g/mol. The van der Waals surface area contributed by atoms with Gasteiger partial charge < -0.3 is 15.8 Å². The Labute approximate surface area is 76.0 Å². The third-order valence-corrected chi connectivity index (χ3v) is 3.08. The van der Waals surface area contributed by atoms with Crippen LogP contribution in [0.25, 0.3) is 0 Å². The summed E-state index contributed by atoms with van der Waals surface area (Å²) in [6.45, 7) is 0. The third kappa shape index (κ3) is 1.37. The lowest BCUT2D eigenvalue weighted by Gasteiger charge is -2.15. The largest absolute Gasteiger partial charge is 0.377 e. The summed E-state index contributed by atoms with van der Waals surface area (Å²) < 4.78 is 5.23. The standard InChI is InChI=1S/C8H12N2OS/c1-11-5-2-3-6-7(4-5)12-8(9)10-6/h2-3,5,8,10H,4,9H2,1H3. The van der Waals surface area contributed by atoms with Crippen LogP contribution in [0, 0.1) is 0 Å². The number of nitrogens with one attached hydrogen (secondary N) is 1. The van der Waals surface area contributed by atoms with Gasteiger partial charge in [0.1, 0.15) is 5.50 Å². The van der Waals surface area contributed by atoms with Crippen LogP contribution in [0.5, 0.6) is 0 Å². The lowest BCUT2D eigenvalue weighted by Crippen LogP contribution is -2.28. The molecule has 0 fully saturated rings. The molecule has 0 saturated heterocycles. The van der Waals surface area contributed by atoms with Crippen LogP contribution in [0.15, 0.2) is 22.8 Å². The fourth-order valence-corrected chi connectivity index (χ4v) is 2.40. The van der Waals surface area contributed by atoms with E-state index in [2.05, 4.69) is 11.4 Å². The molecule has 0 bridgehead atoms. The Hall–Kier alpha value is -0.450. The number of allylic oxidation sites excluding steroid dienone is 1. The number of methoxy groups -OCH3 is 1. The topological polar surface area (TPSA) is 47.3 Å². The first kappa shape index (κ1) is 8.16. The lowest BCUT2D eigenvalue weighted by atomic mass is 10.1. The number of rotatable bonds is 1. The Bertz CT molecular complexity index is 249. The number of hydrogen-bond donors (Lipinski definition) is 2. The van der Waals surface area contributed by atoms with E-state index in [1.807, 2.05) is 6.08 Å². The average Bonchev–Trinajstić information content (AvgIpc) is 2.43. The molecule has 0 amide bonds. The summed E-state index contributed by atoms with van der Waals surface area (Å²) in [4.78, 5) is 1.32. The van der Waals surface area contributed by atoms with Gasteiger partial charge in [0.05, 0.1) is 6.10 Å². The SMILES string of the molecule is COC1C=CC2=C(C1)SC(N)N2. The van der Waals surface area contributed by atoms with Crippen molar-refractivity contribution in [3.63, 3.8) is 0 Å². The second-order valence-electron chi connectivity index (χ2n) is 2.86. The highest BCUT2D eigenvalue weighted by Gasteiger charge is 2.24.